The Balaban J connectivity index is 1.88. The van der Waals surface area contributed by atoms with Gasteiger partial charge in [0, 0.05) is 23.5 Å². The Labute approximate surface area is 139 Å². The number of ether oxygens (including phenoxy) is 2. The van der Waals surface area contributed by atoms with Gasteiger partial charge in [0.25, 0.3) is 0 Å². The van der Waals surface area contributed by atoms with Crippen LogP contribution in [0.1, 0.15) is 43.4 Å². The SMILES string of the molecule is CC(C)(C)OC(=O)N1CCc2c(Br)ccc3c2C(COC3)C1. The van der Waals surface area contributed by atoms with Crippen LogP contribution in [0.2, 0.25) is 0 Å². The van der Waals surface area contributed by atoms with E-state index in [-0.39, 0.29) is 12.0 Å². The fraction of sp³-hybridized carbons (Fsp3) is 0.588. The number of hydrogen-bond donors (Lipinski definition) is 0. The van der Waals surface area contributed by atoms with Gasteiger partial charge in [0.15, 0.2) is 0 Å². The Bertz CT molecular complexity index is 594. The van der Waals surface area contributed by atoms with Crippen molar-refractivity contribution in [2.75, 3.05) is 19.7 Å². The first-order chi connectivity index (χ1) is 10.3. The second kappa shape index (κ2) is 5.85. The fourth-order valence-electron chi connectivity index (χ4n) is 3.21. The van der Waals surface area contributed by atoms with Gasteiger partial charge in [-0.15, -0.1) is 0 Å². The van der Waals surface area contributed by atoms with E-state index in [1.165, 1.54) is 16.7 Å². The number of hydrogen-bond acceptors (Lipinski definition) is 3. The van der Waals surface area contributed by atoms with E-state index < -0.39 is 5.60 Å². The summed E-state index contributed by atoms with van der Waals surface area (Å²) in [5, 5.41) is 0. The van der Waals surface area contributed by atoms with Gasteiger partial charge in [-0.1, -0.05) is 22.0 Å². The molecule has 1 aromatic rings. The molecule has 1 amide bonds. The first-order valence-corrected chi connectivity index (χ1v) is 8.50. The Hall–Kier alpha value is -1.07. The number of carbonyl (C=O) groups excluding carboxylic acids is 1. The molecule has 1 atom stereocenters. The minimum Gasteiger partial charge on any atom is -0.444 e. The fourth-order valence-corrected chi connectivity index (χ4v) is 3.75. The summed E-state index contributed by atoms with van der Waals surface area (Å²) in [6, 6.07) is 4.21. The van der Waals surface area contributed by atoms with E-state index in [9.17, 15) is 4.79 Å². The lowest BCUT2D eigenvalue weighted by Crippen LogP contribution is -2.40. The van der Waals surface area contributed by atoms with Gasteiger partial charge in [-0.2, -0.15) is 0 Å². The van der Waals surface area contributed by atoms with Crippen molar-refractivity contribution in [3.8, 4) is 0 Å². The van der Waals surface area contributed by atoms with E-state index in [0.29, 0.717) is 26.3 Å². The van der Waals surface area contributed by atoms with E-state index >= 15 is 0 Å². The second-order valence-corrected chi connectivity index (χ2v) is 7.84. The van der Waals surface area contributed by atoms with Crippen LogP contribution in [0.3, 0.4) is 0 Å². The van der Waals surface area contributed by atoms with Crippen LogP contribution in [-0.4, -0.2) is 36.3 Å². The van der Waals surface area contributed by atoms with Crippen molar-refractivity contribution in [3.05, 3.63) is 33.3 Å². The maximum absolute atomic E-state index is 12.4. The van der Waals surface area contributed by atoms with Gasteiger partial charge in [-0.25, -0.2) is 4.79 Å². The van der Waals surface area contributed by atoms with E-state index in [4.69, 9.17) is 9.47 Å². The average Bonchev–Trinajstić information content (AvgIpc) is 2.62. The lowest BCUT2D eigenvalue weighted by molar-refractivity contribution is 0.0201. The van der Waals surface area contributed by atoms with Crippen LogP contribution in [0.25, 0.3) is 0 Å². The quantitative estimate of drug-likeness (QED) is 0.698. The van der Waals surface area contributed by atoms with E-state index in [1.54, 1.807) is 0 Å². The third-order valence-corrected chi connectivity index (χ3v) is 4.84. The maximum Gasteiger partial charge on any atom is 0.410 e. The van der Waals surface area contributed by atoms with E-state index in [2.05, 4.69) is 28.1 Å². The summed E-state index contributed by atoms with van der Waals surface area (Å²) in [7, 11) is 0. The lowest BCUT2D eigenvalue weighted by atomic mass is 9.88. The molecule has 2 aliphatic rings. The molecule has 0 fully saturated rings. The minimum absolute atomic E-state index is 0.228. The Morgan fingerprint density at radius 1 is 1.41 bits per heavy atom. The summed E-state index contributed by atoms with van der Waals surface area (Å²) in [4.78, 5) is 14.2. The third kappa shape index (κ3) is 3.15. The Morgan fingerprint density at radius 2 is 2.18 bits per heavy atom. The van der Waals surface area contributed by atoms with Crippen LogP contribution in [0, 0.1) is 0 Å². The predicted octanol–water partition coefficient (Wildman–Crippen LogP) is 3.86. The van der Waals surface area contributed by atoms with Gasteiger partial charge in [0.1, 0.15) is 5.60 Å². The maximum atomic E-state index is 12.4. The van der Waals surface area contributed by atoms with Crippen molar-refractivity contribution in [3.63, 3.8) is 0 Å². The number of benzene rings is 1. The zero-order chi connectivity index (χ0) is 15.9. The molecule has 5 heteroatoms. The van der Waals surface area contributed by atoms with Crippen molar-refractivity contribution in [2.45, 2.75) is 45.3 Å². The lowest BCUT2D eigenvalue weighted by Gasteiger charge is -2.30. The molecular weight excluding hydrogens is 346 g/mol. The number of rotatable bonds is 0. The van der Waals surface area contributed by atoms with Crippen molar-refractivity contribution in [2.24, 2.45) is 0 Å². The van der Waals surface area contributed by atoms with E-state index in [0.717, 1.165) is 10.9 Å². The van der Waals surface area contributed by atoms with Crippen LogP contribution in [0.5, 0.6) is 0 Å². The van der Waals surface area contributed by atoms with Gasteiger partial charge < -0.3 is 14.4 Å². The van der Waals surface area contributed by atoms with Gasteiger partial charge in [-0.3, -0.25) is 0 Å². The van der Waals surface area contributed by atoms with Crippen molar-refractivity contribution < 1.29 is 14.3 Å². The zero-order valence-electron chi connectivity index (χ0n) is 13.3. The first kappa shape index (κ1) is 15.8. The minimum atomic E-state index is -0.467. The summed E-state index contributed by atoms with van der Waals surface area (Å²) in [5.41, 5.74) is 3.47. The molecule has 0 aliphatic carbocycles. The number of halogens is 1. The van der Waals surface area contributed by atoms with E-state index in [1.807, 2.05) is 25.7 Å². The molecule has 1 aromatic carbocycles. The largest absolute Gasteiger partial charge is 0.444 e. The van der Waals surface area contributed by atoms with Crippen LogP contribution >= 0.6 is 15.9 Å². The van der Waals surface area contributed by atoms with Crippen LogP contribution in [0.15, 0.2) is 16.6 Å². The Kier molecular flexibility index (Phi) is 4.21. The third-order valence-electron chi connectivity index (χ3n) is 4.10. The van der Waals surface area contributed by atoms with Crippen molar-refractivity contribution >= 4 is 22.0 Å². The smallest absolute Gasteiger partial charge is 0.410 e. The first-order valence-electron chi connectivity index (χ1n) is 7.71. The molecule has 4 nitrogen and oxygen atoms in total. The topological polar surface area (TPSA) is 38.8 Å². The van der Waals surface area contributed by atoms with Gasteiger partial charge >= 0.3 is 6.09 Å². The second-order valence-electron chi connectivity index (χ2n) is 6.99. The summed E-state index contributed by atoms with van der Waals surface area (Å²) < 4.78 is 12.4. The zero-order valence-corrected chi connectivity index (χ0v) is 14.9. The monoisotopic (exact) mass is 367 g/mol. The van der Waals surface area contributed by atoms with Crippen molar-refractivity contribution in [1.29, 1.82) is 0 Å². The van der Waals surface area contributed by atoms with Crippen LogP contribution < -0.4 is 0 Å². The van der Waals surface area contributed by atoms with Gasteiger partial charge in [-0.05, 0) is 49.9 Å². The summed E-state index contributed by atoms with van der Waals surface area (Å²) in [6.45, 7) is 8.36. The summed E-state index contributed by atoms with van der Waals surface area (Å²) in [5.74, 6) is 0.228. The number of amides is 1. The highest BCUT2D eigenvalue weighted by Gasteiger charge is 2.33. The van der Waals surface area contributed by atoms with Crippen LogP contribution in [0.4, 0.5) is 4.79 Å². The molecule has 3 rings (SSSR count). The highest BCUT2D eigenvalue weighted by atomic mass is 79.9. The molecule has 0 radical (unpaired) electrons. The molecule has 2 heterocycles. The molecule has 22 heavy (non-hydrogen) atoms. The molecule has 0 saturated heterocycles. The average molecular weight is 368 g/mol. The van der Waals surface area contributed by atoms with Gasteiger partial charge in [0.2, 0.25) is 0 Å². The summed E-state index contributed by atoms with van der Waals surface area (Å²) >= 11 is 3.66. The number of nitrogens with zero attached hydrogens (tertiary/aromatic N) is 1. The highest BCUT2D eigenvalue weighted by molar-refractivity contribution is 9.10. The van der Waals surface area contributed by atoms with Gasteiger partial charge in [0.05, 0.1) is 13.2 Å². The predicted molar refractivity (Wildman–Crippen MR) is 88.1 cm³/mol. The normalized spacial score (nSPS) is 21.1. The molecule has 1 unspecified atom stereocenters. The summed E-state index contributed by atoms with van der Waals surface area (Å²) in [6.07, 6.45) is 0.614. The molecule has 120 valence electrons. The molecular formula is C17H22BrNO3. The highest BCUT2D eigenvalue weighted by Crippen LogP contribution is 2.37. The molecule has 0 spiro atoms. The van der Waals surface area contributed by atoms with Crippen molar-refractivity contribution in [1.82, 2.24) is 4.90 Å². The molecule has 0 N–H and O–H groups in total. The molecule has 0 aromatic heterocycles. The van der Waals surface area contributed by atoms with Crippen LogP contribution in [-0.2, 0) is 22.5 Å². The Morgan fingerprint density at radius 3 is 2.91 bits per heavy atom. The number of carbonyl (C=O) groups is 1. The molecule has 0 bridgehead atoms. The molecule has 2 aliphatic heterocycles. The standard InChI is InChI=1S/C17H22BrNO3/c1-17(2,3)22-16(20)19-7-6-13-14(18)5-4-11-9-21-10-12(8-19)15(11)13/h4-5,12H,6-10H2,1-3H3. The molecule has 0 saturated carbocycles.